The Balaban J connectivity index is 0.00000363. The third-order valence-corrected chi connectivity index (χ3v) is 6.50. The summed E-state index contributed by atoms with van der Waals surface area (Å²) >= 11 is 0. The monoisotopic (exact) mass is 554 g/mol. The zero-order valence-corrected chi connectivity index (χ0v) is 26.3. The van der Waals surface area contributed by atoms with Crippen LogP contribution >= 0.6 is 0 Å². The van der Waals surface area contributed by atoms with Crippen molar-refractivity contribution in [2.24, 2.45) is 10.2 Å². The van der Waals surface area contributed by atoms with Crippen molar-refractivity contribution >= 4 is 52.5 Å². The quantitative estimate of drug-likeness (QED) is 0.178. The summed E-state index contributed by atoms with van der Waals surface area (Å²) < 4.78 is 101. The fourth-order valence-electron chi connectivity index (χ4n) is 2.56. The van der Waals surface area contributed by atoms with E-state index in [1.165, 1.54) is 0 Å². The van der Waals surface area contributed by atoms with Gasteiger partial charge in [-0.15, -0.1) is 5.11 Å². The molecule has 0 amide bonds. The average molecular weight is 554 g/mol. The van der Waals surface area contributed by atoms with Gasteiger partial charge in [-0.3, -0.25) is 0 Å². The predicted octanol–water partition coefficient (Wildman–Crippen LogP) is -7.31. The summed E-state index contributed by atoms with van der Waals surface area (Å²) in [5.41, 5.74) is -0.810. The van der Waals surface area contributed by atoms with Crippen molar-refractivity contribution < 1.29 is 133 Å². The Hall–Kier alpha value is 0.0500. The van der Waals surface area contributed by atoms with E-state index < -0.39 is 56.5 Å². The Bertz CT molecular complexity index is 1560. The molecule has 0 atom stereocenters. The topological polar surface area (TPSA) is 217 Å². The first-order valence-corrected chi connectivity index (χ1v) is 12.1. The molecule has 0 aliphatic rings. The van der Waals surface area contributed by atoms with Crippen molar-refractivity contribution in [2.45, 2.75) is 14.7 Å². The molecule has 0 aliphatic heterocycles. The van der Waals surface area contributed by atoms with Crippen LogP contribution in [-0.4, -0.2) is 44.0 Å². The summed E-state index contributed by atoms with van der Waals surface area (Å²) in [6, 6.07) is 7.40. The third-order valence-electron chi connectivity index (χ3n) is 3.97. The van der Waals surface area contributed by atoms with Crippen molar-refractivity contribution in [1.82, 2.24) is 0 Å². The van der Waals surface area contributed by atoms with Crippen molar-refractivity contribution in [3.63, 3.8) is 0 Å². The summed E-state index contributed by atoms with van der Waals surface area (Å²) in [5.74, 6) is -0.829. The molecule has 0 radical (unpaired) electrons. The van der Waals surface area contributed by atoms with E-state index in [1.54, 1.807) is 0 Å². The van der Waals surface area contributed by atoms with Crippen molar-refractivity contribution in [3.05, 3.63) is 48.5 Å². The van der Waals surface area contributed by atoms with Crippen LogP contribution in [0.5, 0.6) is 5.75 Å². The van der Waals surface area contributed by atoms with Crippen LogP contribution in [0.25, 0.3) is 10.8 Å². The van der Waals surface area contributed by atoms with Gasteiger partial charge in [0.2, 0.25) is 0 Å². The van der Waals surface area contributed by atoms with Crippen LogP contribution in [0.4, 0.5) is 11.4 Å². The molecule has 0 heterocycles. The fraction of sp³-hybridized carbons (Fsp3) is 0. The summed E-state index contributed by atoms with van der Waals surface area (Å²) in [4.78, 5) is -2.30. The number of hydrogen-bond donors (Lipinski definition) is 1. The number of azo groups is 1. The zero-order valence-electron chi connectivity index (χ0n) is 17.9. The van der Waals surface area contributed by atoms with E-state index in [0.29, 0.717) is 0 Å². The molecular weight excluding hydrogens is 545 g/mol. The van der Waals surface area contributed by atoms with Gasteiger partial charge in [-0.25, -0.2) is 25.3 Å². The molecule has 0 bridgehead atoms. The molecule has 164 valence electrons. The van der Waals surface area contributed by atoms with Crippen LogP contribution in [0.15, 0.2) is 73.4 Å². The van der Waals surface area contributed by atoms with Crippen LogP contribution in [0.2, 0.25) is 0 Å². The van der Waals surface area contributed by atoms with E-state index in [2.05, 4.69) is 10.2 Å². The van der Waals surface area contributed by atoms with Gasteiger partial charge in [-0.2, -0.15) is 5.11 Å². The van der Waals surface area contributed by atoms with E-state index in [-0.39, 0.29) is 105 Å². The number of aromatic hydroxyl groups is 1. The Labute approximate surface area is 261 Å². The maximum absolute atomic E-state index is 11.6. The van der Waals surface area contributed by atoms with Gasteiger partial charge in [0.05, 0.1) is 20.4 Å². The molecule has 18 heteroatoms. The minimum Gasteiger partial charge on any atom is -0.744 e. The average Bonchev–Trinajstić information content (AvgIpc) is 2.65. The van der Waals surface area contributed by atoms with Crippen LogP contribution in [0.3, 0.4) is 0 Å². The normalized spacial score (nSPS) is 12.0. The second-order valence-electron chi connectivity index (χ2n) is 6.01. The van der Waals surface area contributed by atoms with Crippen LogP contribution in [-0.2, 0) is 30.4 Å². The van der Waals surface area contributed by atoms with Gasteiger partial charge in [0.25, 0.3) is 0 Å². The Kier molecular flexibility index (Phi) is 12.5. The molecule has 3 aromatic carbocycles. The van der Waals surface area contributed by atoms with Crippen LogP contribution in [0.1, 0.15) is 0 Å². The minimum absolute atomic E-state index is 0. The molecule has 0 saturated carbocycles. The number of phenolic OH excluding ortho intramolecular Hbond substituents is 1. The Morgan fingerprint density at radius 3 is 1.62 bits per heavy atom. The van der Waals surface area contributed by atoms with Gasteiger partial charge >= 0.3 is 88.7 Å². The van der Waals surface area contributed by atoms with Crippen molar-refractivity contribution in [2.75, 3.05) is 0 Å². The Morgan fingerprint density at radius 2 is 1.15 bits per heavy atom. The first-order valence-electron chi connectivity index (χ1n) is 7.87. The van der Waals surface area contributed by atoms with E-state index in [0.717, 1.165) is 48.5 Å². The van der Waals surface area contributed by atoms with E-state index >= 15 is 0 Å². The van der Waals surface area contributed by atoms with E-state index in [4.69, 9.17) is 0 Å². The molecule has 34 heavy (non-hydrogen) atoms. The molecule has 0 saturated heterocycles. The van der Waals surface area contributed by atoms with Gasteiger partial charge in [-0.1, -0.05) is 0 Å². The number of fused-ring (bicyclic) bond motifs is 1. The summed E-state index contributed by atoms with van der Waals surface area (Å²) in [7, 11) is -14.8. The molecular formula is C16H9N2Na3O10S3. The number of benzene rings is 3. The third kappa shape index (κ3) is 8.03. The molecule has 0 aliphatic carbocycles. The summed E-state index contributed by atoms with van der Waals surface area (Å²) in [6.07, 6.45) is 0. The predicted molar refractivity (Wildman–Crippen MR) is 100 cm³/mol. The molecule has 0 spiro atoms. The maximum atomic E-state index is 11.6. The van der Waals surface area contributed by atoms with E-state index in [1.807, 2.05) is 0 Å². The summed E-state index contributed by atoms with van der Waals surface area (Å²) in [5, 5.41) is 17.2. The molecule has 12 nitrogen and oxygen atoms in total. The molecule has 3 aromatic rings. The number of rotatable bonds is 5. The maximum Gasteiger partial charge on any atom is 1.00 e. The zero-order chi connectivity index (χ0) is 23.2. The van der Waals surface area contributed by atoms with Gasteiger partial charge < -0.3 is 18.8 Å². The van der Waals surface area contributed by atoms with Gasteiger partial charge in [-0.05, 0) is 53.9 Å². The second-order valence-corrected chi connectivity index (χ2v) is 10.1. The number of phenols is 1. The van der Waals surface area contributed by atoms with Crippen LogP contribution in [0, 0.1) is 0 Å². The SMILES string of the molecule is O=S(=O)([O-])c1ccc(N=Nc2c(S(=O)(=O)[O-])cc3cc(S(=O)(=O)[O-])ccc3c2O)cc1.[Na+].[Na+].[Na+]. The van der Waals surface area contributed by atoms with Crippen molar-refractivity contribution in [3.8, 4) is 5.75 Å². The molecule has 0 fully saturated rings. The number of hydrogen-bond acceptors (Lipinski definition) is 12. The molecule has 0 aromatic heterocycles. The Morgan fingerprint density at radius 1 is 0.647 bits per heavy atom. The minimum atomic E-state index is -5.24. The first kappa shape index (κ1) is 34.0. The van der Waals surface area contributed by atoms with E-state index in [9.17, 15) is 44.0 Å². The second kappa shape index (κ2) is 12.5. The molecule has 1 N–H and O–H groups in total. The first-order chi connectivity index (χ1) is 14.2. The largest absolute Gasteiger partial charge is 1.00 e. The fourth-order valence-corrected chi connectivity index (χ4v) is 4.18. The molecule has 0 unspecified atom stereocenters. The standard InChI is InChI=1S/C16H12N2O10S3.3Na/c19-16-13-6-5-12(30(23,24)25)7-9(13)8-14(31(26,27)28)15(16)18-17-10-1-3-11(4-2-10)29(20,21)22;;;/h1-8,19H,(H,20,21,22)(H,23,24,25)(H,26,27,28);;;/q;3*+1/p-3. The van der Waals surface area contributed by atoms with Gasteiger partial charge in [0, 0.05) is 5.39 Å². The van der Waals surface area contributed by atoms with Crippen molar-refractivity contribution in [1.29, 1.82) is 0 Å². The number of nitrogens with zero attached hydrogens (tertiary/aromatic N) is 2. The van der Waals surface area contributed by atoms with Gasteiger partial charge in [0.1, 0.15) is 36.0 Å². The summed E-state index contributed by atoms with van der Waals surface area (Å²) in [6.45, 7) is 0. The molecule has 3 rings (SSSR count). The van der Waals surface area contributed by atoms with Gasteiger partial charge in [0.15, 0.2) is 5.75 Å². The van der Waals surface area contributed by atoms with Crippen LogP contribution < -0.4 is 88.7 Å². The smallest absolute Gasteiger partial charge is 0.744 e.